The van der Waals surface area contributed by atoms with E-state index in [1.165, 1.54) is 5.57 Å². The summed E-state index contributed by atoms with van der Waals surface area (Å²) in [5, 5.41) is 0. The average molecular weight is 306 g/mol. The third kappa shape index (κ3) is 3.51. The van der Waals surface area contributed by atoms with Crippen LogP contribution in [0.3, 0.4) is 0 Å². The highest BCUT2D eigenvalue weighted by atomic mass is 16.5. The molecule has 0 unspecified atom stereocenters. The predicted molar refractivity (Wildman–Crippen MR) is 90.7 cm³/mol. The summed E-state index contributed by atoms with van der Waals surface area (Å²) in [6, 6.07) is 15.0. The monoisotopic (exact) mass is 306 g/mol. The third-order valence-electron chi connectivity index (χ3n) is 3.48. The quantitative estimate of drug-likeness (QED) is 0.609. The Morgan fingerprint density at radius 3 is 2.65 bits per heavy atom. The molecule has 0 atom stereocenters. The van der Waals surface area contributed by atoms with Crippen LogP contribution in [0, 0.1) is 0 Å². The van der Waals surface area contributed by atoms with E-state index in [0.717, 1.165) is 5.56 Å². The molecule has 1 heterocycles. The standard InChI is InChI=1S/C20H18O3/c1-14(2)10-11-22-16-8-9-17-18(13-16)23-19(20(17)21)12-15-6-4-3-5-7-15/h3-10,12-13H,11H2,1-2H3. The Kier molecular flexibility index (Phi) is 4.29. The van der Waals surface area contributed by atoms with E-state index in [1.54, 1.807) is 24.3 Å². The molecule has 0 fully saturated rings. The van der Waals surface area contributed by atoms with Gasteiger partial charge in [0.25, 0.3) is 0 Å². The molecule has 0 saturated heterocycles. The number of hydrogen-bond donors (Lipinski definition) is 0. The fourth-order valence-electron chi connectivity index (χ4n) is 2.26. The van der Waals surface area contributed by atoms with E-state index in [2.05, 4.69) is 0 Å². The van der Waals surface area contributed by atoms with E-state index in [9.17, 15) is 4.79 Å². The smallest absolute Gasteiger partial charge is 0.231 e. The number of ketones is 1. The summed E-state index contributed by atoms with van der Waals surface area (Å²) >= 11 is 0. The van der Waals surface area contributed by atoms with Crippen molar-refractivity contribution >= 4 is 11.9 Å². The molecule has 1 aliphatic heterocycles. The summed E-state index contributed by atoms with van der Waals surface area (Å²) in [6.45, 7) is 4.55. The Balaban J connectivity index is 1.80. The van der Waals surface area contributed by atoms with Crippen LogP contribution in [0.15, 0.2) is 65.9 Å². The summed E-state index contributed by atoms with van der Waals surface area (Å²) in [6.07, 6.45) is 3.76. The summed E-state index contributed by atoms with van der Waals surface area (Å²) in [4.78, 5) is 12.4. The number of hydrogen-bond acceptors (Lipinski definition) is 3. The Bertz CT molecular complexity index is 782. The first-order valence-corrected chi connectivity index (χ1v) is 7.53. The lowest BCUT2D eigenvalue weighted by atomic mass is 10.1. The van der Waals surface area contributed by atoms with Crippen molar-refractivity contribution in [2.45, 2.75) is 13.8 Å². The first-order chi connectivity index (χ1) is 11.1. The van der Waals surface area contributed by atoms with Crippen molar-refractivity contribution in [1.82, 2.24) is 0 Å². The molecule has 3 nitrogen and oxygen atoms in total. The van der Waals surface area contributed by atoms with Crippen molar-refractivity contribution in [3.8, 4) is 11.5 Å². The van der Waals surface area contributed by atoms with Gasteiger partial charge in [0.05, 0.1) is 5.56 Å². The second-order valence-corrected chi connectivity index (χ2v) is 5.60. The maximum atomic E-state index is 12.4. The molecule has 0 amide bonds. The van der Waals surface area contributed by atoms with Crippen LogP contribution in [-0.2, 0) is 0 Å². The fraction of sp³-hybridized carbons (Fsp3) is 0.150. The Labute approximate surface area is 135 Å². The molecule has 2 aromatic rings. The van der Waals surface area contributed by atoms with Crippen molar-refractivity contribution in [2.24, 2.45) is 0 Å². The molecule has 116 valence electrons. The number of carbonyl (C=O) groups excluding carboxylic acids is 1. The van der Waals surface area contributed by atoms with E-state index < -0.39 is 0 Å². The highest BCUT2D eigenvalue weighted by Gasteiger charge is 2.27. The zero-order valence-corrected chi connectivity index (χ0v) is 13.2. The second-order valence-electron chi connectivity index (χ2n) is 5.60. The molecule has 0 aromatic heterocycles. The molecule has 3 heteroatoms. The van der Waals surface area contributed by atoms with Gasteiger partial charge in [-0.1, -0.05) is 35.9 Å². The molecular formula is C20H18O3. The molecule has 0 radical (unpaired) electrons. The van der Waals surface area contributed by atoms with Gasteiger partial charge in [-0.2, -0.15) is 0 Å². The van der Waals surface area contributed by atoms with Gasteiger partial charge < -0.3 is 9.47 Å². The number of Topliss-reactive ketones (excluding diaryl/α,β-unsaturated/α-hetero) is 1. The third-order valence-corrected chi connectivity index (χ3v) is 3.48. The van der Waals surface area contributed by atoms with E-state index >= 15 is 0 Å². The van der Waals surface area contributed by atoms with Crippen LogP contribution < -0.4 is 9.47 Å². The van der Waals surface area contributed by atoms with Crippen molar-refractivity contribution in [2.75, 3.05) is 6.61 Å². The van der Waals surface area contributed by atoms with Gasteiger partial charge >= 0.3 is 0 Å². The molecule has 2 aromatic carbocycles. The maximum Gasteiger partial charge on any atom is 0.231 e. The van der Waals surface area contributed by atoms with Gasteiger partial charge in [-0.3, -0.25) is 4.79 Å². The number of allylic oxidation sites excluding steroid dienone is 2. The van der Waals surface area contributed by atoms with Gasteiger partial charge in [0.1, 0.15) is 18.1 Å². The molecule has 0 N–H and O–H groups in total. The maximum absolute atomic E-state index is 12.4. The summed E-state index contributed by atoms with van der Waals surface area (Å²) in [7, 11) is 0. The Morgan fingerprint density at radius 2 is 1.91 bits per heavy atom. The fourth-order valence-corrected chi connectivity index (χ4v) is 2.26. The zero-order valence-electron chi connectivity index (χ0n) is 13.2. The summed E-state index contributed by atoms with van der Waals surface area (Å²) < 4.78 is 11.4. The first-order valence-electron chi connectivity index (χ1n) is 7.53. The van der Waals surface area contributed by atoms with Crippen LogP contribution in [0.25, 0.3) is 6.08 Å². The Hall–Kier alpha value is -2.81. The Morgan fingerprint density at radius 1 is 1.13 bits per heavy atom. The normalized spacial score (nSPS) is 14.3. The molecule has 0 bridgehead atoms. The van der Waals surface area contributed by atoms with Crippen LogP contribution in [0.5, 0.6) is 11.5 Å². The van der Waals surface area contributed by atoms with Gasteiger partial charge in [0.15, 0.2) is 5.76 Å². The van der Waals surface area contributed by atoms with Crippen LogP contribution >= 0.6 is 0 Å². The largest absolute Gasteiger partial charge is 0.489 e. The van der Waals surface area contributed by atoms with Crippen molar-refractivity contribution in [3.63, 3.8) is 0 Å². The van der Waals surface area contributed by atoms with E-state index in [4.69, 9.17) is 9.47 Å². The van der Waals surface area contributed by atoms with Gasteiger partial charge in [-0.25, -0.2) is 0 Å². The van der Waals surface area contributed by atoms with Crippen LogP contribution in [0.1, 0.15) is 29.8 Å². The van der Waals surface area contributed by atoms with Crippen LogP contribution in [-0.4, -0.2) is 12.4 Å². The molecule has 1 aliphatic rings. The summed E-state index contributed by atoms with van der Waals surface area (Å²) in [5.74, 6) is 1.48. The second kappa shape index (κ2) is 6.53. The van der Waals surface area contributed by atoms with E-state index in [1.807, 2.05) is 50.3 Å². The lowest BCUT2D eigenvalue weighted by Gasteiger charge is -2.05. The number of rotatable bonds is 4. The van der Waals surface area contributed by atoms with Gasteiger partial charge in [-0.05, 0) is 43.7 Å². The summed E-state index contributed by atoms with van der Waals surface area (Å²) in [5.41, 5.74) is 2.70. The van der Waals surface area contributed by atoms with Crippen LogP contribution in [0.2, 0.25) is 0 Å². The highest BCUT2D eigenvalue weighted by molar-refractivity contribution is 6.14. The van der Waals surface area contributed by atoms with E-state index in [0.29, 0.717) is 29.4 Å². The van der Waals surface area contributed by atoms with Gasteiger partial charge in [0.2, 0.25) is 5.78 Å². The van der Waals surface area contributed by atoms with Crippen molar-refractivity contribution in [1.29, 1.82) is 0 Å². The zero-order chi connectivity index (χ0) is 16.2. The molecule has 23 heavy (non-hydrogen) atoms. The number of carbonyl (C=O) groups is 1. The molecule has 0 saturated carbocycles. The predicted octanol–water partition coefficient (Wildman–Crippen LogP) is 4.65. The molecule has 3 rings (SSSR count). The van der Waals surface area contributed by atoms with Crippen molar-refractivity contribution in [3.05, 3.63) is 77.1 Å². The minimum atomic E-state index is -0.0975. The van der Waals surface area contributed by atoms with E-state index in [-0.39, 0.29) is 5.78 Å². The highest BCUT2D eigenvalue weighted by Crippen LogP contribution is 2.34. The van der Waals surface area contributed by atoms with Gasteiger partial charge in [-0.15, -0.1) is 0 Å². The minimum Gasteiger partial charge on any atom is -0.489 e. The average Bonchev–Trinajstić information content (AvgIpc) is 2.84. The number of ether oxygens (including phenoxy) is 2. The molecular weight excluding hydrogens is 288 g/mol. The lowest BCUT2D eigenvalue weighted by molar-refractivity contribution is 0.101. The van der Waals surface area contributed by atoms with Gasteiger partial charge in [0, 0.05) is 6.07 Å². The topological polar surface area (TPSA) is 35.5 Å². The van der Waals surface area contributed by atoms with Crippen LogP contribution in [0.4, 0.5) is 0 Å². The molecule has 0 spiro atoms. The lowest BCUT2D eigenvalue weighted by Crippen LogP contribution is -1.97. The SMILES string of the molecule is CC(C)=CCOc1ccc2c(c1)OC(=Cc1ccccc1)C2=O. The number of fused-ring (bicyclic) bond motifs is 1. The number of benzene rings is 2. The van der Waals surface area contributed by atoms with Crippen molar-refractivity contribution < 1.29 is 14.3 Å². The first kappa shape index (κ1) is 15.1. The minimum absolute atomic E-state index is 0.0975. The molecule has 0 aliphatic carbocycles.